The zero-order valence-corrected chi connectivity index (χ0v) is 4.97. The van der Waals surface area contributed by atoms with Gasteiger partial charge in [0.05, 0.1) is 6.42 Å². The third-order valence-corrected chi connectivity index (χ3v) is 0.722. The number of carbonyl (C=O) groups excluding carboxylic acids is 2. The van der Waals surface area contributed by atoms with Crippen LogP contribution in [0.3, 0.4) is 0 Å². The van der Waals surface area contributed by atoms with E-state index in [1.165, 1.54) is 11.2 Å². The highest BCUT2D eigenvalue weighted by molar-refractivity contribution is 5.87. The molecular weight excluding hydrogens is 106 g/mol. The van der Waals surface area contributed by atoms with E-state index in [1.54, 1.807) is 14.1 Å². The zero-order valence-electron chi connectivity index (χ0n) is 4.97. The van der Waals surface area contributed by atoms with Crippen LogP contribution in [0.2, 0.25) is 0 Å². The van der Waals surface area contributed by atoms with E-state index in [-0.39, 0.29) is 12.3 Å². The summed E-state index contributed by atoms with van der Waals surface area (Å²) in [5, 5.41) is 0. The molecular formula is C5H8NO2. The summed E-state index contributed by atoms with van der Waals surface area (Å²) in [6, 6.07) is 0. The van der Waals surface area contributed by atoms with Gasteiger partial charge in [0.25, 0.3) is 0 Å². The van der Waals surface area contributed by atoms with E-state index < -0.39 is 0 Å². The van der Waals surface area contributed by atoms with Crippen LogP contribution >= 0.6 is 0 Å². The van der Waals surface area contributed by atoms with Crippen LogP contribution in [0.25, 0.3) is 0 Å². The Hall–Kier alpha value is -0.860. The monoisotopic (exact) mass is 114 g/mol. The molecule has 45 valence electrons. The molecule has 0 spiro atoms. The van der Waals surface area contributed by atoms with Crippen LogP contribution in [0.15, 0.2) is 0 Å². The molecule has 0 unspecified atom stereocenters. The lowest BCUT2D eigenvalue weighted by atomic mass is 10.4. The molecule has 0 aromatic carbocycles. The normalized spacial score (nSPS) is 8.25. The van der Waals surface area contributed by atoms with Gasteiger partial charge in [-0.2, -0.15) is 0 Å². The SMILES string of the molecule is CN(C)C(=O)C[C]=O. The summed E-state index contributed by atoms with van der Waals surface area (Å²) in [6.07, 6.45) is 1.38. The summed E-state index contributed by atoms with van der Waals surface area (Å²) in [6.45, 7) is 0. The van der Waals surface area contributed by atoms with Crippen molar-refractivity contribution in [2.24, 2.45) is 0 Å². The van der Waals surface area contributed by atoms with Gasteiger partial charge in [-0.3, -0.25) is 9.59 Å². The molecule has 0 N–H and O–H groups in total. The number of nitrogens with zero attached hydrogens (tertiary/aromatic N) is 1. The van der Waals surface area contributed by atoms with E-state index in [2.05, 4.69) is 0 Å². The van der Waals surface area contributed by atoms with E-state index in [0.717, 1.165) is 0 Å². The molecule has 1 radical (unpaired) electrons. The smallest absolute Gasteiger partial charge is 0.230 e. The molecule has 0 aliphatic carbocycles. The Bertz CT molecular complexity index is 98.6. The summed E-state index contributed by atoms with van der Waals surface area (Å²) >= 11 is 0. The molecule has 0 fully saturated rings. The van der Waals surface area contributed by atoms with Crippen LogP contribution in [0.1, 0.15) is 6.42 Å². The minimum Gasteiger partial charge on any atom is -0.348 e. The van der Waals surface area contributed by atoms with Gasteiger partial charge in [-0.25, -0.2) is 0 Å². The molecule has 0 saturated heterocycles. The zero-order chi connectivity index (χ0) is 6.57. The quantitative estimate of drug-likeness (QED) is 0.457. The molecule has 0 heterocycles. The van der Waals surface area contributed by atoms with Crippen LogP contribution in [0.5, 0.6) is 0 Å². The van der Waals surface area contributed by atoms with Gasteiger partial charge in [-0.05, 0) is 0 Å². The van der Waals surface area contributed by atoms with Gasteiger partial charge in [-0.15, -0.1) is 0 Å². The highest BCUT2D eigenvalue weighted by atomic mass is 16.2. The largest absolute Gasteiger partial charge is 0.348 e. The van der Waals surface area contributed by atoms with Gasteiger partial charge in [0.2, 0.25) is 12.2 Å². The van der Waals surface area contributed by atoms with Gasteiger partial charge >= 0.3 is 0 Å². The fraction of sp³-hybridized carbons (Fsp3) is 0.600. The van der Waals surface area contributed by atoms with Gasteiger partial charge in [0.15, 0.2) is 0 Å². The molecule has 0 bridgehead atoms. The molecule has 0 rings (SSSR count). The first-order valence-corrected chi connectivity index (χ1v) is 2.23. The molecule has 0 aromatic rings. The predicted molar refractivity (Wildman–Crippen MR) is 29.0 cm³/mol. The molecule has 3 heteroatoms. The standard InChI is InChI=1S/C5H8NO2/c1-6(2)5(8)3-4-7/h3H2,1-2H3. The number of hydrogen-bond donors (Lipinski definition) is 0. The Balaban J connectivity index is 3.48. The van der Waals surface area contributed by atoms with Crippen molar-refractivity contribution in [3.8, 4) is 0 Å². The fourth-order valence-corrected chi connectivity index (χ4v) is 0.220. The van der Waals surface area contributed by atoms with E-state index >= 15 is 0 Å². The minimum absolute atomic E-state index is 0.132. The van der Waals surface area contributed by atoms with Crippen molar-refractivity contribution in [2.75, 3.05) is 14.1 Å². The number of amides is 1. The average molecular weight is 114 g/mol. The Morgan fingerprint density at radius 2 is 2.12 bits per heavy atom. The maximum atomic E-state index is 10.4. The average Bonchev–Trinajstić information content (AvgIpc) is 1.67. The molecule has 8 heavy (non-hydrogen) atoms. The lowest BCUT2D eigenvalue weighted by Crippen LogP contribution is -2.21. The summed E-state index contributed by atoms with van der Waals surface area (Å²) in [7, 11) is 3.19. The highest BCUT2D eigenvalue weighted by Gasteiger charge is 2.00. The van der Waals surface area contributed by atoms with Crippen molar-refractivity contribution in [3.63, 3.8) is 0 Å². The van der Waals surface area contributed by atoms with Crippen molar-refractivity contribution in [3.05, 3.63) is 0 Å². The van der Waals surface area contributed by atoms with Crippen LogP contribution in [-0.2, 0) is 9.59 Å². The molecule has 0 atom stereocenters. The molecule has 0 saturated carbocycles. The number of carbonyl (C=O) groups is 1. The van der Waals surface area contributed by atoms with E-state index in [4.69, 9.17) is 0 Å². The van der Waals surface area contributed by atoms with Gasteiger partial charge in [-0.1, -0.05) is 0 Å². The second-order valence-electron chi connectivity index (χ2n) is 1.61. The number of rotatable bonds is 2. The Morgan fingerprint density at radius 3 is 2.25 bits per heavy atom. The lowest BCUT2D eigenvalue weighted by molar-refractivity contribution is -0.127. The Morgan fingerprint density at radius 1 is 1.62 bits per heavy atom. The number of hydrogen-bond acceptors (Lipinski definition) is 2. The highest BCUT2D eigenvalue weighted by Crippen LogP contribution is 1.80. The maximum Gasteiger partial charge on any atom is 0.230 e. The summed E-state index contributed by atoms with van der Waals surface area (Å²) in [5.74, 6) is -0.208. The fourth-order valence-electron chi connectivity index (χ4n) is 0.220. The van der Waals surface area contributed by atoms with Crippen molar-refractivity contribution in [1.82, 2.24) is 4.90 Å². The van der Waals surface area contributed by atoms with Crippen molar-refractivity contribution < 1.29 is 9.59 Å². The first-order chi connectivity index (χ1) is 3.68. The Kier molecular flexibility index (Phi) is 2.84. The van der Waals surface area contributed by atoms with Crippen molar-refractivity contribution in [1.29, 1.82) is 0 Å². The van der Waals surface area contributed by atoms with Crippen LogP contribution in [0.4, 0.5) is 0 Å². The van der Waals surface area contributed by atoms with E-state index in [1.807, 2.05) is 0 Å². The van der Waals surface area contributed by atoms with E-state index in [9.17, 15) is 9.59 Å². The van der Waals surface area contributed by atoms with Crippen LogP contribution in [-0.4, -0.2) is 31.2 Å². The van der Waals surface area contributed by atoms with Gasteiger partial charge in [0.1, 0.15) is 0 Å². The minimum atomic E-state index is -0.208. The van der Waals surface area contributed by atoms with Gasteiger partial charge < -0.3 is 4.90 Å². The topological polar surface area (TPSA) is 37.4 Å². The molecule has 3 nitrogen and oxygen atoms in total. The van der Waals surface area contributed by atoms with Crippen molar-refractivity contribution in [2.45, 2.75) is 6.42 Å². The third-order valence-electron chi connectivity index (χ3n) is 0.722. The molecule has 0 aromatic heterocycles. The molecule has 0 aliphatic rings. The van der Waals surface area contributed by atoms with E-state index in [0.29, 0.717) is 0 Å². The van der Waals surface area contributed by atoms with Crippen LogP contribution < -0.4 is 0 Å². The van der Waals surface area contributed by atoms with Crippen LogP contribution in [0, 0.1) is 0 Å². The second kappa shape index (κ2) is 3.18. The summed E-state index contributed by atoms with van der Waals surface area (Å²) in [4.78, 5) is 21.3. The third kappa shape index (κ3) is 2.34. The first-order valence-electron chi connectivity index (χ1n) is 2.23. The maximum absolute atomic E-state index is 10.4. The first kappa shape index (κ1) is 7.14. The van der Waals surface area contributed by atoms with Crippen molar-refractivity contribution >= 4 is 12.2 Å². The second-order valence-corrected chi connectivity index (χ2v) is 1.61. The predicted octanol–water partition coefficient (Wildman–Crippen LogP) is -0.426. The Labute approximate surface area is 48.3 Å². The molecule has 0 aliphatic heterocycles. The summed E-state index contributed by atoms with van der Waals surface area (Å²) < 4.78 is 0. The lowest BCUT2D eigenvalue weighted by Gasteiger charge is -2.05. The summed E-state index contributed by atoms with van der Waals surface area (Å²) in [5.41, 5.74) is 0. The van der Waals surface area contributed by atoms with Gasteiger partial charge in [0, 0.05) is 14.1 Å². The molecule has 1 amide bonds.